The van der Waals surface area contributed by atoms with E-state index in [1.807, 2.05) is 6.92 Å². The summed E-state index contributed by atoms with van der Waals surface area (Å²) in [7, 11) is 0. The maximum absolute atomic E-state index is 11.9. The Hall–Kier alpha value is -1.05. The van der Waals surface area contributed by atoms with E-state index in [0.29, 0.717) is 29.6 Å². The summed E-state index contributed by atoms with van der Waals surface area (Å²) < 4.78 is 0. The molecule has 2 nitrogen and oxygen atoms in total. The average Bonchev–Trinajstić information content (AvgIpc) is 2.49. The molecule has 0 bridgehead atoms. The first-order chi connectivity index (χ1) is 10.3. The molecule has 0 aromatic heterocycles. The number of allylic oxidation sites excluding steroid dienone is 4. The minimum absolute atomic E-state index is 0.316. The molecule has 1 fully saturated rings. The van der Waals surface area contributed by atoms with E-state index in [9.17, 15) is 9.90 Å². The topological polar surface area (TPSA) is 37.3 Å². The first kappa shape index (κ1) is 15.8. The Morgan fingerprint density at radius 3 is 2.73 bits per heavy atom. The Morgan fingerprint density at radius 2 is 2.09 bits per heavy atom. The van der Waals surface area contributed by atoms with Gasteiger partial charge in [0.15, 0.2) is 0 Å². The van der Waals surface area contributed by atoms with Crippen LogP contribution in [0.5, 0.6) is 0 Å². The number of aliphatic carboxylic acids is 1. The van der Waals surface area contributed by atoms with E-state index in [1.165, 1.54) is 18.4 Å². The van der Waals surface area contributed by atoms with E-state index < -0.39 is 11.4 Å². The highest BCUT2D eigenvalue weighted by atomic mass is 16.4. The maximum atomic E-state index is 11.9. The molecule has 122 valence electrons. The van der Waals surface area contributed by atoms with Gasteiger partial charge in [0.2, 0.25) is 0 Å². The SMILES string of the molecule is CC(C)C1=CC2=CCC3C(C2CC1)[C@H](C)CC[C@@]3(C)C(=O)O. The van der Waals surface area contributed by atoms with E-state index >= 15 is 0 Å². The van der Waals surface area contributed by atoms with Crippen LogP contribution in [0.3, 0.4) is 0 Å². The lowest BCUT2D eigenvalue weighted by atomic mass is 9.51. The van der Waals surface area contributed by atoms with Crippen molar-refractivity contribution in [1.82, 2.24) is 0 Å². The fourth-order valence-electron chi connectivity index (χ4n) is 5.31. The third-order valence-electron chi connectivity index (χ3n) is 6.89. The number of carbonyl (C=O) groups is 1. The van der Waals surface area contributed by atoms with Crippen LogP contribution in [0.1, 0.15) is 59.8 Å². The first-order valence-electron chi connectivity index (χ1n) is 8.98. The molecule has 0 aromatic rings. The fourth-order valence-corrected chi connectivity index (χ4v) is 5.31. The number of hydrogen-bond donors (Lipinski definition) is 1. The van der Waals surface area contributed by atoms with Crippen molar-refractivity contribution in [2.75, 3.05) is 0 Å². The van der Waals surface area contributed by atoms with Crippen molar-refractivity contribution in [3.8, 4) is 0 Å². The van der Waals surface area contributed by atoms with Gasteiger partial charge in [0.05, 0.1) is 5.41 Å². The van der Waals surface area contributed by atoms with Crippen molar-refractivity contribution in [1.29, 1.82) is 0 Å². The summed E-state index contributed by atoms with van der Waals surface area (Å²) >= 11 is 0. The molecule has 0 aromatic carbocycles. The number of carboxylic acid groups (broad SMARTS) is 1. The highest BCUT2D eigenvalue weighted by molar-refractivity contribution is 5.75. The fraction of sp³-hybridized carbons (Fsp3) is 0.750. The summed E-state index contributed by atoms with van der Waals surface area (Å²) in [5.74, 6) is 2.17. The summed E-state index contributed by atoms with van der Waals surface area (Å²) in [6.07, 6.45) is 10.1. The standard InChI is InChI=1S/C20H30O2/c1-12(2)14-5-7-16-15(11-14)6-8-17-18(16)13(3)9-10-20(17,4)19(21)22/h6,11-13,16-18H,5,7-10H2,1-4H3,(H,21,22)/t13-,16?,17?,18?,20-/m1/s1. The second kappa shape index (κ2) is 5.54. The normalized spacial score (nSPS) is 41.3. The van der Waals surface area contributed by atoms with Gasteiger partial charge in [-0.1, -0.05) is 38.5 Å². The summed E-state index contributed by atoms with van der Waals surface area (Å²) in [6, 6.07) is 0. The van der Waals surface area contributed by atoms with Crippen LogP contribution in [0, 0.1) is 35.0 Å². The Labute approximate surface area is 134 Å². The van der Waals surface area contributed by atoms with E-state index in [-0.39, 0.29) is 0 Å². The number of rotatable bonds is 2. The van der Waals surface area contributed by atoms with Crippen LogP contribution in [0.15, 0.2) is 23.3 Å². The van der Waals surface area contributed by atoms with Gasteiger partial charge in [0, 0.05) is 0 Å². The predicted molar refractivity (Wildman–Crippen MR) is 89.5 cm³/mol. The minimum Gasteiger partial charge on any atom is -0.481 e. The van der Waals surface area contributed by atoms with Gasteiger partial charge < -0.3 is 5.11 Å². The second-order valence-electron chi connectivity index (χ2n) is 8.38. The third kappa shape index (κ3) is 2.35. The first-order valence-corrected chi connectivity index (χ1v) is 8.98. The van der Waals surface area contributed by atoms with Crippen molar-refractivity contribution in [2.24, 2.45) is 35.0 Å². The van der Waals surface area contributed by atoms with Crippen molar-refractivity contribution in [3.63, 3.8) is 0 Å². The monoisotopic (exact) mass is 302 g/mol. The van der Waals surface area contributed by atoms with Gasteiger partial charge >= 0.3 is 5.97 Å². The zero-order valence-corrected chi connectivity index (χ0v) is 14.4. The van der Waals surface area contributed by atoms with Crippen molar-refractivity contribution in [3.05, 3.63) is 23.3 Å². The van der Waals surface area contributed by atoms with E-state index in [1.54, 1.807) is 5.57 Å². The van der Waals surface area contributed by atoms with Gasteiger partial charge in [-0.05, 0) is 74.2 Å². The molecule has 0 radical (unpaired) electrons. The summed E-state index contributed by atoms with van der Waals surface area (Å²) in [6.45, 7) is 8.91. The van der Waals surface area contributed by atoms with Gasteiger partial charge in [-0.3, -0.25) is 4.79 Å². The third-order valence-corrected chi connectivity index (χ3v) is 6.89. The molecular weight excluding hydrogens is 272 g/mol. The zero-order chi connectivity index (χ0) is 16.1. The molecule has 3 aliphatic carbocycles. The van der Waals surface area contributed by atoms with Gasteiger partial charge in [0.25, 0.3) is 0 Å². The van der Waals surface area contributed by atoms with Gasteiger partial charge in [-0.2, -0.15) is 0 Å². The molecule has 0 spiro atoms. The lowest BCUT2D eigenvalue weighted by Gasteiger charge is -2.52. The van der Waals surface area contributed by atoms with E-state index in [0.717, 1.165) is 19.3 Å². The molecule has 22 heavy (non-hydrogen) atoms. The molecule has 0 heterocycles. The molecule has 0 saturated heterocycles. The van der Waals surface area contributed by atoms with Crippen LogP contribution >= 0.6 is 0 Å². The van der Waals surface area contributed by atoms with Crippen molar-refractivity contribution >= 4 is 5.97 Å². The smallest absolute Gasteiger partial charge is 0.309 e. The molecule has 1 saturated carbocycles. The molecule has 3 unspecified atom stereocenters. The molecule has 3 aliphatic rings. The quantitative estimate of drug-likeness (QED) is 0.774. The molecule has 0 aliphatic heterocycles. The van der Waals surface area contributed by atoms with Crippen molar-refractivity contribution < 1.29 is 9.90 Å². The van der Waals surface area contributed by atoms with Crippen molar-refractivity contribution in [2.45, 2.75) is 59.8 Å². The number of hydrogen-bond acceptors (Lipinski definition) is 1. The van der Waals surface area contributed by atoms with Gasteiger partial charge in [-0.25, -0.2) is 0 Å². The Kier molecular flexibility index (Phi) is 3.99. The van der Waals surface area contributed by atoms with Crippen LogP contribution in [-0.4, -0.2) is 11.1 Å². The summed E-state index contributed by atoms with van der Waals surface area (Å²) in [5, 5.41) is 9.80. The highest BCUT2D eigenvalue weighted by Crippen LogP contribution is 2.57. The van der Waals surface area contributed by atoms with Crippen LogP contribution in [0.2, 0.25) is 0 Å². The largest absolute Gasteiger partial charge is 0.481 e. The molecule has 5 atom stereocenters. The molecule has 2 heteroatoms. The highest BCUT2D eigenvalue weighted by Gasteiger charge is 2.53. The lowest BCUT2D eigenvalue weighted by Crippen LogP contribution is -2.49. The zero-order valence-electron chi connectivity index (χ0n) is 14.4. The van der Waals surface area contributed by atoms with Crippen LogP contribution in [0.25, 0.3) is 0 Å². The average molecular weight is 302 g/mol. The van der Waals surface area contributed by atoms with Gasteiger partial charge in [-0.15, -0.1) is 0 Å². The maximum Gasteiger partial charge on any atom is 0.309 e. The van der Waals surface area contributed by atoms with E-state index in [4.69, 9.17) is 0 Å². The second-order valence-corrected chi connectivity index (χ2v) is 8.38. The molecule has 1 N–H and O–H groups in total. The number of fused-ring (bicyclic) bond motifs is 3. The Balaban J connectivity index is 1.96. The number of carboxylic acids is 1. The molecule has 3 rings (SSSR count). The minimum atomic E-state index is -0.583. The van der Waals surface area contributed by atoms with Crippen LogP contribution in [-0.2, 0) is 4.79 Å². The van der Waals surface area contributed by atoms with E-state index in [2.05, 4.69) is 32.9 Å². The molecule has 0 amide bonds. The predicted octanol–water partition coefficient (Wildman–Crippen LogP) is 5.06. The van der Waals surface area contributed by atoms with Crippen LogP contribution < -0.4 is 0 Å². The van der Waals surface area contributed by atoms with Crippen LogP contribution in [0.4, 0.5) is 0 Å². The lowest BCUT2D eigenvalue weighted by molar-refractivity contribution is -0.158. The Morgan fingerprint density at radius 1 is 1.36 bits per heavy atom. The van der Waals surface area contributed by atoms with Gasteiger partial charge in [0.1, 0.15) is 0 Å². The Bertz CT molecular complexity index is 528. The molecular formula is C20H30O2. The summed E-state index contributed by atoms with van der Waals surface area (Å²) in [4.78, 5) is 11.9. The summed E-state index contributed by atoms with van der Waals surface area (Å²) in [5.41, 5.74) is 2.56.